The number of ether oxygens (including phenoxy) is 2. The van der Waals surface area contributed by atoms with Gasteiger partial charge in [0, 0.05) is 31.0 Å². The molecule has 3 heterocycles. The van der Waals surface area contributed by atoms with E-state index in [-0.39, 0.29) is 10.9 Å². The van der Waals surface area contributed by atoms with Crippen molar-refractivity contribution in [1.82, 2.24) is 8.87 Å². The standard InChI is InChI=1S/C16H18N2O4S/c1-12-14-3-2-6-17(14)7-8-18(12)23(19,20)13-4-5-15-16(11-13)22-10-9-21-15/h2-6,11-12H,7-10H2,1H3/t12-/m0/s1. The second kappa shape index (κ2) is 5.28. The Balaban J connectivity index is 1.71. The predicted octanol–water partition coefficient (Wildman–Crippen LogP) is 2.02. The highest BCUT2D eigenvalue weighted by atomic mass is 32.2. The highest BCUT2D eigenvalue weighted by molar-refractivity contribution is 7.89. The summed E-state index contributed by atoms with van der Waals surface area (Å²) in [5, 5.41) is 0. The van der Waals surface area contributed by atoms with Gasteiger partial charge in [0.15, 0.2) is 11.5 Å². The zero-order chi connectivity index (χ0) is 16.0. The second-order valence-electron chi connectivity index (χ2n) is 5.72. The number of benzene rings is 1. The monoisotopic (exact) mass is 334 g/mol. The van der Waals surface area contributed by atoms with Crippen molar-refractivity contribution >= 4 is 10.0 Å². The molecule has 0 N–H and O–H groups in total. The molecule has 4 rings (SSSR count). The first-order valence-electron chi connectivity index (χ1n) is 7.64. The molecule has 0 spiro atoms. The lowest BCUT2D eigenvalue weighted by atomic mass is 10.2. The number of sulfonamides is 1. The van der Waals surface area contributed by atoms with Crippen molar-refractivity contribution in [3.8, 4) is 11.5 Å². The Bertz CT molecular complexity index is 844. The molecule has 1 aromatic carbocycles. The molecule has 1 atom stereocenters. The van der Waals surface area contributed by atoms with E-state index in [0.29, 0.717) is 37.8 Å². The molecule has 2 aliphatic heterocycles. The Labute approximate surface area is 135 Å². The fourth-order valence-electron chi connectivity index (χ4n) is 3.21. The molecule has 0 fully saturated rings. The number of hydrogen-bond acceptors (Lipinski definition) is 4. The maximum atomic E-state index is 13.0. The van der Waals surface area contributed by atoms with E-state index in [0.717, 1.165) is 5.69 Å². The van der Waals surface area contributed by atoms with Gasteiger partial charge in [-0.15, -0.1) is 0 Å². The van der Waals surface area contributed by atoms with Gasteiger partial charge in [-0.3, -0.25) is 0 Å². The quantitative estimate of drug-likeness (QED) is 0.843. The lowest BCUT2D eigenvalue weighted by molar-refractivity contribution is 0.171. The summed E-state index contributed by atoms with van der Waals surface area (Å²) in [5.74, 6) is 1.08. The summed E-state index contributed by atoms with van der Waals surface area (Å²) in [5.41, 5.74) is 1.01. The molecule has 0 aliphatic carbocycles. The first kappa shape index (κ1) is 14.6. The largest absolute Gasteiger partial charge is 0.486 e. The number of nitrogens with zero attached hydrogens (tertiary/aromatic N) is 2. The summed E-state index contributed by atoms with van der Waals surface area (Å²) in [4.78, 5) is 0.244. The summed E-state index contributed by atoms with van der Waals surface area (Å²) < 4.78 is 40.7. The van der Waals surface area contributed by atoms with E-state index in [1.165, 1.54) is 0 Å². The average Bonchev–Trinajstić information content (AvgIpc) is 3.04. The molecule has 0 unspecified atom stereocenters. The molecule has 2 aliphatic rings. The molecular weight excluding hydrogens is 316 g/mol. The van der Waals surface area contributed by atoms with Crippen molar-refractivity contribution in [1.29, 1.82) is 0 Å². The van der Waals surface area contributed by atoms with Crippen LogP contribution in [-0.4, -0.2) is 37.0 Å². The highest BCUT2D eigenvalue weighted by Gasteiger charge is 2.34. The van der Waals surface area contributed by atoms with Crippen molar-refractivity contribution in [2.75, 3.05) is 19.8 Å². The van der Waals surface area contributed by atoms with Crippen LogP contribution in [0.1, 0.15) is 18.7 Å². The molecule has 0 saturated heterocycles. The molecule has 0 amide bonds. The van der Waals surface area contributed by atoms with Crippen molar-refractivity contribution in [2.24, 2.45) is 0 Å². The van der Waals surface area contributed by atoms with Gasteiger partial charge in [0.25, 0.3) is 0 Å². The second-order valence-corrected chi connectivity index (χ2v) is 7.61. The number of fused-ring (bicyclic) bond motifs is 2. The molecule has 122 valence electrons. The van der Waals surface area contributed by atoms with Crippen molar-refractivity contribution in [3.05, 3.63) is 42.2 Å². The summed E-state index contributed by atoms with van der Waals surface area (Å²) >= 11 is 0. The summed E-state index contributed by atoms with van der Waals surface area (Å²) in [6, 6.07) is 8.53. The lowest BCUT2D eigenvalue weighted by Gasteiger charge is -2.34. The molecule has 0 saturated carbocycles. The molecule has 7 heteroatoms. The smallest absolute Gasteiger partial charge is 0.243 e. The van der Waals surface area contributed by atoms with Gasteiger partial charge in [-0.25, -0.2) is 8.42 Å². The minimum Gasteiger partial charge on any atom is -0.486 e. The summed E-state index contributed by atoms with van der Waals surface area (Å²) in [6.45, 7) is 3.96. The Morgan fingerprint density at radius 3 is 2.70 bits per heavy atom. The van der Waals surface area contributed by atoms with Gasteiger partial charge in [0.05, 0.1) is 10.9 Å². The first-order valence-corrected chi connectivity index (χ1v) is 9.08. The van der Waals surface area contributed by atoms with Crippen LogP contribution in [-0.2, 0) is 16.6 Å². The van der Waals surface area contributed by atoms with E-state index in [9.17, 15) is 8.42 Å². The van der Waals surface area contributed by atoms with Crippen LogP contribution >= 0.6 is 0 Å². The SMILES string of the molecule is C[C@H]1c2cccn2CCN1S(=O)(=O)c1ccc2c(c1)OCCO2. The molecule has 6 nitrogen and oxygen atoms in total. The fourth-order valence-corrected chi connectivity index (χ4v) is 4.82. The third kappa shape index (κ3) is 2.31. The Morgan fingerprint density at radius 2 is 1.87 bits per heavy atom. The highest BCUT2D eigenvalue weighted by Crippen LogP contribution is 2.36. The van der Waals surface area contributed by atoms with E-state index < -0.39 is 10.0 Å². The average molecular weight is 334 g/mol. The molecular formula is C16H18N2O4S. The van der Waals surface area contributed by atoms with Crippen LogP contribution in [0.4, 0.5) is 0 Å². The van der Waals surface area contributed by atoms with Crippen LogP contribution in [0.25, 0.3) is 0 Å². The summed E-state index contributed by atoms with van der Waals surface area (Å²) in [7, 11) is -3.58. The maximum Gasteiger partial charge on any atom is 0.243 e. The van der Waals surface area contributed by atoms with Crippen molar-refractivity contribution in [3.63, 3.8) is 0 Å². The Kier molecular flexibility index (Phi) is 3.35. The van der Waals surface area contributed by atoms with Crippen LogP contribution in [0.3, 0.4) is 0 Å². The maximum absolute atomic E-state index is 13.0. The van der Waals surface area contributed by atoms with Gasteiger partial charge in [-0.1, -0.05) is 0 Å². The van der Waals surface area contributed by atoms with Crippen LogP contribution in [0.5, 0.6) is 11.5 Å². The Morgan fingerprint density at radius 1 is 1.09 bits per heavy atom. The number of aromatic nitrogens is 1. The van der Waals surface area contributed by atoms with E-state index in [2.05, 4.69) is 4.57 Å². The van der Waals surface area contributed by atoms with Crippen molar-refractivity contribution < 1.29 is 17.9 Å². The topological polar surface area (TPSA) is 60.8 Å². The molecule has 2 aromatic rings. The zero-order valence-corrected chi connectivity index (χ0v) is 13.6. The van der Waals surface area contributed by atoms with Gasteiger partial charge in [0.2, 0.25) is 10.0 Å². The van der Waals surface area contributed by atoms with Gasteiger partial charge in [-0.05, 0) is 31.2 Å². The van der Waals surface area contributed by atoms with Gasteiger partial charge < -0.3 is 14.0 Å². The third-order valence-electron chi connectivity index (χ3n) is 4.41. The molecule has 0 radical (unpaired) electrons. The van der Waals surface area contributed by atoms with Gasteiger partial charge in [-0.2, -0.15) is 4.31 Å². The van der Waals surface area contributed by atoms with Gasteiger partial charge >= 0.3 is 0 Å². The number of rotatable bonds is 2. The zero-order valence-electron chi connectivity index (χ0n) is 12.8. The minimum atomic E-state index is -3.58. The fraction of sp³-hybridized carbons (Fsp3) is 0.375. The van der Waals surface area contributed by atoms with Crippen molar-refractivity contribution in [2.45, 2.75) is 24.4 Å². The van der Waals surface area contributed by atoms with Crippen LogP contribution in [0.15, 0.2) is 41.4 Å². The normalized spacial score (nSPS) is 21.0. The summed E-state index contributed by atoms with van der Waals surface area (Å²) in [6.07, 6.45) is 1.99. The van der Waals surface area contributed by atoms with Crippen LogP contribution in [0.2, 0.25) is 0 Å². The van der Waals surface area contributed by atoms with E-state index in [4.69, 9.17) is 9.47 Å². The molecule has 23 heavy (non-hydrogen) atoms. The van der Waals surface area contributed by atoms with E-state index >= 15 is 0 Å². The lowest BCUT2D eigenvalue weighted by Crippen LogP contribution is -2.40. The Hall–Kier alpha value is -1.99. The first-order chi connectivity index (χ1) is 11.1. The third-order valence-corrected chi connectivity index (χ3v) is 6.37. The van der Waals surface area contributed by atoms with Gasteiger partial charge in [0.1, 0.15) is 13.2 Å². The van der Waals surface area contributed by atoms with E-state index in [1.54, 1.807) is 22.5 Å². The van der Waals surface area contributed by atoms with Crippen LogP contribution < -0.4 is 9.47 Å². The molecule has 0 bridgehead atoms. The molecule has 1 aromatic heterocycles. The van der Waals surface area contributed by atoms with E-state index in [1.807, 2.05) is 25.3 Å². The predicted molar refractivity (Wildman–Crippen MR) is 84.2 cm³/mol. The van der Waals surface area contributed by atoms with Crippen LogP contribution in [0, 0.1) is 0 Å². The minimum absolute atomic E-state index is 0.197. The number of hydrogen-bond donors (Lipinski definition) is 0.